The minimum atomic E-state index is -0.0156. The van der Waals surface area contributed by atoms with E-state index in [1.807, 2.05) is 19.1 Å². The Morgan fingerprint density at radius 2 is 2.17 bits per heavy atom. The largest absolute Gasteiger partial charge is 0.349 e. The van der Waals surface area contributed by atoms with Crippen molar-refractivity contribution in [1.29, 1.82) is 0 Å². The van der Waals surface area contributed by atoms with Crippen LogP contribution in [0.15, 0.2) is 30.7 Å². The molecule has 3 atom stereocenters. The fourth-order valence-corrected chi connectivity index (χ4v) is 3.81. The van der Waals surface area contributed by atoms with Crippen molar-refractivity contribution in [3.05, 3.63) is 42.0 Å². The Labute approximate surface area is 135 Å². The molecule has 120 valence electrons. The average Bonchev–Trinajstić information content (AvgIpc) is 3.15. The zero-order valence-corrected chi connectivity index (χ0v) is 13.2. The van der Waals surface area contributed by atoms with Crippen LogP contribution in [0.3, 0.4) is 0 Å². The lowest BCUT2D eigenvalue weighted by Gasteiger charge is -2.28. The summed E-state index contributed by atoms with van der Waals surface area (Å²) in [6, 6.07) is 4.70. The van der Waals surface area contributed by atoms with Gasteiger partial charge in [0.05, 0.1) is 23.1 Å². The van der Waals surface area contributed by atoms with Gasteiger partial charge in [-0.15, -0.1) is 0 Å². The predicted molar refractivity (Wildman–Crippen MR) is 86.5 cm³/mol. The van der Waals surface area contributed by atoms with Crippen molar-refractivity contribution in [2.45, 2.75) is 38.3 Å². The summed E-state index contributed by atoms with van der Waals surface area (Å²) < 4.78 is 1.78. The van der Waals surface area contributed by atoms with Crippen LogP contribution in [-0.4, -0.2) is 39.3 Å². The average molecular weight is 311 g/mol. The number of rotatable bonds is 3. The second-order valence-corrected chi connectivity index (χ2v) is 6.52. The number of pyridine rings is 1. The first-order valence-electron chi connectivity index (χ1n) is 8.21. The molecule has 2 aromatic rings. The fourth-order valence-electron chi connectivity index (χ4n) is 3.81. The highest BCUT2D eigenvalue weighted by atomic mass is 16.1. The summed E-state index contributed by atoms with van der Waals surface area (Å²) in [7, 11) is 0. The van der Waals surface area contributed by atoms with Crippen LogP contribution in [0, 0.1) is 12.8 Å². The zero-order valence-electron chi connectivity index (χ0n) is 13.2. The predicted octanol–water partition coefficient (Wildman–Crippen LogP) is 1.45. The highest BCUT2D eigenvalue weighted by molar-refractivity contribution is 5.95. The Kier molecular flexibility index (Phi) is 3.61. The number of carbonyl (C=O) groups excluding carboxylic acids is 1. The van der Waals surface area contributed by atoms with E-state index in [9.17, 15) is 4.79 Å². The summed E-state index contributed by atoms with van der Waals surface area (Å²) in [5.74, 6) is 0.548. The number of aromatic nitrogens is 3. The van der Waals surface area contributed by atoms with E-state index in [-0.39, 0.29) is 11.9 Å². The first-order valence-corrected chi connectivity index (χ1v) is 8.21. The second kappa shape index (κ2) is 5.77. The van der Waals surface area contributed by atoms with Gasteiger partial charge in [-0.3, -0.25) is 9.78 Å². The van der Waals surface area contributed by atoms with Crippen molar-refractivity contribution in [2.24, 2.45) is 5.92 Å². The van der Waals surface area contributed by atoms with Gasteiger partial charge in [0.2, 0.25) is 0 Å². The van der Waals surface area contributed by atoms with Crippen LogP contribution in [0.5, 0.6) is 0 Å². The normalized spacial score (nSPS) is 26.2. The first-order chi connectivity index (χ1) is 11.2. The smallest absolute Gasteiger partial charge is 0.254 e. The SMILES string of the molecule is Cc1c(C(=O)NC2CCC3CC2CN3)cnn1-c1ccncc1. The van der Waals surface area contributed by atoms with Crippen molar-refractivity contribution in [1.82, 2.24) is 25.4 Å². The molecule has 2 bridgehead atoms. The first kappa shape index (κ1) is 14.4. The Morgan fingerprint density at radius 3 is 3.00 bits per heavy atom. The van der Waals surface area contributed by atoms with E-state index in [0.29, 0.717) is 17.5 Å². The molecule has 6 nitrogen and oxygen atoms in total. The fraction of sp³-hybridized carbons (Fsp3) is 0.471. The molecule has 1 aliphatic heterocycles. The summed E-state index contributed by atoms with van der Waals surface area (Å²) in [5, 5.41) is 11.1. The van der Waals surface area contributed by atoms with Gasteiger partial charge in [0.1, 0.15) is 0 Å². The third-order valence-electron chi connectivity index (χ3n) is 5.13. The van der Waals surface area contributed by atoms with E-state index in [0.717, 1.165) is 30.8 Å². The Hall–Kier alpha value is -2.21. The standard InChI is InChI=1S/C17H21N5O/c1-11-15(10-20-22(11)14-4-6-18-7-5-14)17(23)21-16-3-2-13-8-12(16)9-19-13/h4-7,10,12-13,16,19H,2-3,8-9H2,1H3,(H,21,23). The van der Waals surface area contributed by atoms with E-state index in [1.165, 1.54) is 6.42 Å². The van der Waals surface area contributed by atoms with E-state index in [2.05, 4.69) is 20.7 Å². The Morgan fingerprint density at radius 1 is 1.35 bits per heavy atom. The van der Waals surface area contributed by atoms with E-state index in [4.69, 9.17) is 0 Å². The number of hydrogen-bond acceptors (Lipinski definition) is 4. The highest BCUT2D eigenvalue weighted by Gasteiger charge is 2.36. The molecule has 2 N–H and O–H groups in total. The van der Waals surface area contributed by atoms with E-state index in [1.54, 1.807) is 23.3 Å². The number of fused-ring (bicyclic) bond motifs is 2. The van der Waals surface area contributed by atoms with Crippen LogP contribution >= 0.6 is 0 Å². The molecule has 0 aromatic carbocycles. The summed E-state index contributed by atoms with van der Waals surface area (Å²) in [5.41, 5.74) is 2.42. The molecule has 3 unspecified atom stereocenters. The van der Waals surface area contributed by atoms with Gasteiger partial charge in [-0.2, -0.15) is 5.10 Å². The number of nitrogens with zero attached hydrogens (tertiary/aromatic N) is 3. The molecule has 3 heterocycles. The monoisotopic (exact) mass is 311 g/mol. The minimum absolute atomic E-state index is 0.0156. The lowest BCUT2D eigenvalue weighted by atomic mass is 9.85. The lowest BCUT2D eigenvalue weighted by Crippen LogP contribution is -2.42. The maximum Gasteiger partial charge on any atom is 0.254 e. The molecule has 0 radical (unpaired) electrons. The molecule has 2 fully saturated rings. The van der Waals surface area contributed by atoms with Crippen LogP contribution in [0.2, 0.25) is 0 Å². The summed E-state index contributed by atoms with van der Waals surface area (Å²) in [4.78, 5) is 16.7. The van der Waals surface area contributed by atoms with Crippen LogP contribution in [0.1, 0.15) is 35.3 Å². The number of carbonyl (C=O) groups is 1. The second-order valence-electron chi connectivity index (χ2n) is 6.52. The molecule has 4 rings (SSSR count). The summed E-state index contributed by atoms with van der Waals surface area (Å²) in [6.45, 7) is 2.95. The van der Waals surface area contributed by atoms with Gasteiger partial charge in [0, 0.05) is 31.0 Å². The Balaban J connectivity index is 1.52. The van der Waals surface area contributed by atoms with Gasteiger partial charge in [0.15, 0.2) is 0 Å². The van der Waals surface area contributed by atoms with Crippen LogP contribution in [0.4, 0.5) is 0 Å². The molecule has 0 spiro atoms. The zero-order chi connectivity index (χ0) is 15.8. The highest BCUT2D eigenvalue weighted by Crippen LogP contribution is 2.29. The lowest BCUT2D eigenvalue weighted by molar-refractivity contribution is 0.0914. The van der Waals surface area contributed by atoms with Crippen LogP contribution in [-0.2, 0) is 0 Å². The molecule has 1 amide bonds. The quantitative estimate of drug-likeness (QED) is 0.900. The van der Waals surface area contributed by atoms with Gasteiger partial charge in [-0.1, -0.05) is 0 Å². The molecule has 1 saturated heterocycles. The van der Waals surface area contributed by atoms with Crippen LogP contribution in [0.25, 0.3) is 5.69 Å². The van der Waals surface area contributed by atoms with Gasteiger partial charge >= 0.3 is 0 Å². The summed E-state index contributed by atoms with van der Waals surface area (Å²) >= 11 is 0. The van der Waals surface area contributed by atoms with Gasteiger partial charge < -0.3 is 10.6 Å². The van der Waals surface area contributed by atoms with Crippen molar-refractivity contribution in [3.63, 3.8) is 0 Å². The van der Waals surface area contributed by atoms with E-state index < -0.39 is 0 Å². The third-order valence-corrected chi connectivity index (χ3v) is 5.13. The molecule has 1 saturated carbocycles. The van der Waals surface area contributed by atoms with Gasteiger partial charge in [-0.05, 0) is 44.2 Å². The molecular formula is C17H21N5O. The van der Waals surface area contributed by atoms with Crippen molar-refractivity contribution in [3.8, 4) is 5.69 Å². The van der Waals surface area contributed by atoms with E-state index >= 15 is 0 Å². The molecular weight excluding hydrogens is 290 g/mol. The molecule has 2 aromatic heterocycles. The summed E-state index contributed by atoms with van der Waals surface area (Å²) in [6.07, 6.45) is 8.50. The number of hydrogen-bond donors (Lipinski definition) is 2. The third kappa shape index (κ3) is 2.63. The number of amides is 1. The maximum absolute atomic E-state index is 12.7. The Bertz CT molecular complexity index is 711. The number of nitrogens with one attached hydrogen (secondary N) is 2. The maximum atomic E-state index is 12.7. The molecule has 2 aliphatic rings. The minimum Gasteiger partial charge on any atom is -0.349 e. The van der Waals surface area contributed by atoms with Gasteiger partial charge in [0.25, 0.3) is 5.91 Å². The van der Waals surface area contributed by atoms with Crippen molar-refractivity contribution in [2.75, 3.05) is 6.54 Å². The topological polar surface area (TPSA) is 71.8 Å². The van der Waals surface area contributed by atoms with Gasteiger partial charge in [-0.25, -0.2) is 4.68 Å². The molecule has 23 heavy (non-hydrogen) atoms. The van der Waals surface area contributed by atoms with Crippen molar-refractivity contribution < 1.29 is 4.79 Å². The molecule has 6 heteroatoms. The van der Waals surface area contributed by atoms with Crippen molar-refractivity contribution >= 4 is 5.91 Å². The van der Waals surface area contributed by atoms with Crippen LogP contribution < -0.4 is 10.6 Å². The molecule has 1 aliphatic carbocycles.